The number of rotatable bonds is 9. The third-order valence-electron chi connectivity index (χ3n) is 3.66. The zero-order valence-electron chi connectivity index (χ0n) is 14.2. The van der Waals surface area contributed by atoms with Crippen molar-refractivity contribution in [2.24, 2.45) is 5.18 Å². The summed E-state index contributed by atoms with van der Waals surface area (Å²) >= 11 is 0. The number of nitrogens with one attached hydrogen (secondary N) is 2. The lowest BCUT2D eigenvalue weighted by molar-refractivity contribution is -0.126. The molecule has 0 aliphatic heterocycles. The molecule has 0 aliphatic carbocycles. The van der Waals surface area contributed by atoms with Crippen molar-refractivity contribution in [2.45, 2.75) is 12.5 Å². The molecule has 0 fully saturated rings. The molecular weight excluding hydrogens is 352 g/mol. The number of hydrogen-bond donors (Lipinski definition) is 4. The van der Waals surface area contributed by atoms with E-state index >= 15 is 0 Å². The molecule has 10 heteroatoms. The van der Waals surface area contributed by atoms with E-state index in [2.05, 4.69) is 20.5 Å². The van der Waals surface area contributed by atoms with Crippen LogP contribution < -0.4 is 22.3 Å². The first-order valence-electron chi connectivity index (χ1n) is 7.90. The highest BCUT2D eigenvalue weighted by molar-refractivity contribution is 6.31. The Kier molecular flexibility index (Phi) is 6.53. The van der Waals surface area contributed by atoms with E-state index in [9.17, 15) is 19.3 Å². The van der Waals surface area contributed by atoms with Crippen LogP contribution in [-0.4, -0.2) is 34.6 Å². The summed E-state index contributed by atoms with van der Waals surface area (Å²) in [6, 6.07) is 6.18. The first kappa shape index (κ1) is 19.5. The second-order valence-corrected chi connectivity index (χ2v) is 5.63. The number of anilines is 3. The molecular formula is C17H18N6O4. The Morgan fingerprint density at radius 1 is 1.30 bits per heavy atom. The summed E-state index contributed by atoms with van der Waals surface area (Å²) in [4.78, 5) is 50.3. The molecule has 1 unspecified atom stereocenters. The summed E-state index contributed by atoms with van der Waals surface area (Å²) in [5.74, 6) is -0.756. The Labute approximate surface area is 153 Å². The maximum absolute atomic E-state index is 11.9. The molecule has 0 bridgehead atoms. The second kappa shape index (κ2) is 9.04. The number of nitrogen functional groups attached to an aromatic ring is 2. The molecule has 0 saturated heterocycles. The molecule has 10 nitrogen and oxygen atoms in total. The number of H-pyrrole nitrogens is 1. The molecule has 1 heterocycles. The molecule has 0 aliphatic rings. The Balaban J connectivity index is 1.99. The number of allylic oxidation sites excluding steroid dienone is 1. The van der Waals surface area contributed by atoms with Crippen molar-refractivity contribution < 1.29 is 9.59 Å². The molecule has 0 spiro atoms. The number of hydrogen-bond acceptors (Lipinski definition) is 9. The van der Waals surface area contributed by atoms with Crippen LogP contribution in [0.4, 0.5) is 17.5 Å². The Morgan fingerprint density at radius 2 is 2.00 bits per heavy atom. The van der Waals surface area contributed by atoms with Crippen LogP contribution >= 0.6 is 0 Å². The number of aromatic nitrogens is 2. The van der Waals surface area contributed by atoms with Crippen LogP contribution in [-0.2, 0) is 16.0 Å². The van der Waals surface area contributed by atoms with Crippen LogP contribution in [0, 0.1) is 4.91 Å². The van der Waals surface area contributed by atoms with Crippen LogP contribution in [0.3, 0.4) is 0 Å². The number of ketones is 1. The number of benzene rings is 1. The highest BCUT2D eigenvalue weighted by Gasteiger charge is 2.16. The molecule has 27 heavy (non-hydrogen) atoms. The molecule has 2 aromatic rings. The van der Waals surface area contributed by atoms with Crippen LogP contribution in [0.15, 0.2) is 40.3 Å². The summed E-state index contributed by atoms with van der Waals surface area (Å²) in [6.45, 7) is 0.172. The van der Waals surface area contributed by atoms with Crippen LogP contribution in [0.5, 0.6) is 0 Å². The third kappa shape index (κ3) is 5.59. The summed E-state index contributed by atoms with van der Waals surface area (Å²) in [5, 5.41) is 6.05. The Hall–Kier alpha value is -3.82. The zero-order chi connectivity index (χ0) is 19.8. The van der Waals surface area contributed by atoms with E-state index in [-0.39, 0.29) is 36.6 Å². The lowest BCUT2D eigenvalue weighted by Gasteiger charge is -2.12. The number of aldehydes is 1. The average Bonchev–Trinajstić information content (AvgIpc) is 2.65. The first-order valence-corrected chi connectivity index (χ1v) is 7.90. The number of nitrogens with two attached hydrogens (primary N) is 2. The molecule has 1 aromatic heterocycles. The maximum atomic E-state index is 11.9. The van der Waals surface area contributed by atoms with Gasteiger partial charge in [0.1, 0.15) is 11.9 Å². The van der Waals surface area contributed by atoms with Crippen molar-refractivity contribution in [1.29, 1.82) is 0 Å². The van der Waals surface area contributed by atoms with Gasteiger partial charge >= 0.3 is 0 Å². The smallest absolute Gasteiger partial charge is 0.257 e. The highest BCUT2D eigenvalue weighted by Crippen LogP contribution is 2.13. The highest BCUT2D eigenvalue weighted by atomic mass is 16.3. The van der Waals surface area contributed by atoms with Crippen LogP contribution in [0.25, 0.3) is 6.08 Å². The van der Waals surface area contributed by atoms with Crippen molar-refractivity contribution >= 4 is 35.6 Å². The molecule has 140 valence electrons. The normalized spacial score (nSPS) is 11.9. The molecule has 1 atom stereocenters. The maximum Gasteiger partial charge on any atom is 0.257 e. The van der Waals surface area contributed by atoms with E-state index in [1.54, 1.807) is 24.3 Å². The molecule has 0 saturated carbocycles. The Morgan fingerprint density at radius 3 is 2.59 bits per heavy atom. The van der Waals surface area contributed by atoms with Gasteiger partial charge in [0.2, 0.25) is 11.7 Å². The van der Waals surface area contributed by atoms with Gasteiger partial charge in [0, 0.05) is 18.7 Å². The van der Waals surface area contributed by atoms with E-state index in [1.807, 2.05) is 0 Å². The van der Waals surface area contributed by atoms with Gasteiger partial charge in [-0.25, -0.2) is 0 Å². The quantitative estimate of drug-likeness (QED) is 0.214. The van der Waals surface area contributed by atoms with E-state index in [1.165, 1.54) is 12.2 Å². The van der Waals surface area contributed by atoms with Crippen LogP contribution in [0.2, 0.25) is 0 Å². The van der Waals surface area contributed by atoms with Gasteiger partial charge < -0.3 is 16.8 Å². The minimum atomic E-state index is -0.747. The fraction of sp³-hybridized carbons (Fsp3) is 0.176. The van der Waals surface area contributed by atoms with Crippen molar-refractivity contribution in [1.82, 2.24) is 9.97 Å². The van der Waals surface area contributed by atoms with Crippen molar-refractivity contribution in [2.75, 3.05) is 23.3 Å². The molecule has 6 N–H and O–H groups in total. The van der Waals surface area contributed by atoms with E-state index in [0.29, 0.717) is 5.69 Å². The molecule has 1 aromatic carbocycles. The van der Waals surface area contributed by atoms with Gasteiger partial charge in [0.05, 0.1) is 5.56 Å². The van der Waals surface area contributed by atoms with Gasteiger partial charge in [-0.2, -0.15) is 9.89 Å². The number of nitrogens with zero attached hydrogens (tertiary/aromatic N) is 2. The van der Waals surface area contributed by atoms with Gasteiger partial charge in [0.15, 0.2) is 6.29 Å². The average molecular weight is 370 g/mol. The number of carbonyl (C=O) groups is 2. The summed E-state index contributed by atoms with van der Waals surface area (Å²) in [5.41, 5.74) is 12.2. The number of aromatic amines is 1. The summed E-state index contributed by atoms with van der Waals surface area (Å²) in [6.07, 6.45) is 2.93. The lowest BCUT2D eigenvalue weighted by Crippen LogP contribution is -2.26. The topological polar surface area (TPSA) is 173 Å². The zero-order valence-corrected chi connectivity index (χ0v) is 14.2. The summed E-state index contributed by atoms with van der Waals surface area (Å²) in [7, 11) is 0. The lowest BCUT2D eigenvalue weighted by atomic mass is 10.1. The summed E-state index contributed by atoms with van der Waals surface area (Å²) < 4.78 is 0. The van der Waals surface area contributed by atoms with Crippen molar-refractivity contribution in [3.63, 3.8) is 0 Å². The predicted molar refractivity (Wildman–Crippen MR) is 102 cm³/mol. The minimum absolute atomic E-state index is 0.0135. The third-order valence-corrected chi connectivity index (χ3v) is 3.66. The standard InChI is InChI=1S/C17H18N6O4/c18-15-14(16(26)22-17(19)21-15)7-12(23-27)8-20-11-4-1-10(2-5-11)3-6-13(25)9-24/h1-6,9,12,20H,7-8H2,(H5,18,19,21,22,26). The van der Waals surface area contributed by atoms with Gasteiger partial charge in [-0.15, -0.1) is 0 Å². The van der Waals surface area contributed by atoms with E-state index < -0.39 is 17.4 Å². The monoisotopic (exact) mass is 370 g/mol. The fourth-order valence-corrected chi connectivity index (χ4v) is 2.28. The largest absolute Gasteiger partial charge is 0.383 e. The molecule has 2 rings (SSSR count). The van der Waals surface area contributed by atoms with Gasteiger partial charge in [-0.3, -0.25) is 19.4 Å². The molecule has 0 amide bonds. The first-order chi connectivity index (χ1) is 12.9. The SMILES string of the molecule is Nc1nc(N)c(CC(CNc2ccc(C=CC(=O)C=O)cc2)N=O)c(=O)[nH]1. The van der Waals surface area contributed by atoms with Crippen molar-refractivity contribution in [3.8, 4) is 0 Å². The fourth-order valence-electron chi connectivity index (χ4n) is 2.28. The van der Waals surface area contributed by atoms with Crippen molar-refractivity contribution in [3.05, 3.63) is 56.7 Å². The Bertz CT molecular complexity index is 920. The second-order valence-electron chi connectivity index (χ2n) is 5.63. The molecule has 0 radical (unpaired) electrons. The van der Waals surface area contributed by atoms with Gasteiger partial charge in [-0.05, 0) is 23.8 Å². The van der Waals surface area contributed by atoms with Crippen LogP contribution in [0.1, 0.15) is 11.1 Å². The van der Waals surface area contributed by atoms with E-state index in [0.717, 1.165) is 5.56 Å². The predicted octanol–water partition coefficient (Wildman–Crippen LogP) is 0.505. The van der Waals surface area contributed by atoms with Gasteiger partial charge in [0.25, 0.3) is 5.56 Å². The minimum Gasteiger partial charge on any atom is -0.383 e. The number of nitroso groups, excluding NO2 is 1. The number of carbonyl (C=O) groups excluding carboxylic acids is 2. The van der Waals surface area contributed by atoms with Gasteiger partial charge in [-0.1, -0.05) is 23.4 Å². The van der Waals surface area contributed by atoms with E-state index in [4.69, 9.17) is 11.5 Å².